The fourth-order valence-corrected chi connectivity index (χ4v) is 4.91. The van der Waals surface area contributed by atoms with Crippen molar-refractivity contribution < 1.29 is 24.2 Å². The average molecular weight is 514 g/mol. The van der Waals surface area contributed by atoms with Crippen LogP contribution < -0.4 is 15.2 Å². The van der Waals surface area contributed by atoms with Gasteiger partial charge in [-0.1, -0.05) is 18.2 Å². The van der Waals surface area contributed by atoms with E-state index in [1.165, 1.54) is 25.2 Å². The van der Waals surface area contributed by atoms with Gasteiger partial charge < -0.3 is 25.2 Å². The number of hydrogen-bond donors (Lipinski definition) is 2. The first-order valence-corrected chi connectivity index (χ1v) is 12.4. The van der Waals surface area contributed by atoms with Crippen LogP contribution in [0.5, 0.6) is 11.5 Å². The Morgan fingerprint density at radius 2 is 1.92 bits per heavy atom. The number of carboxylic acid groups (broad SMARTS) is 1. The van der Waals surface area contributed by atoms with E-state index in [4.69, 9.17) is 15.2 Å². The molecule has 1 unspecified atom stereocenters. The third-order valence-electron chi connectivity index (χ3n) is 6.73. The Balaban J connectivity index is 1.44. The predicted molar refractivity (Wildman–Crippen MR) is 140 cm³/mol. The van der Waals surface area contributed by atoms with Gasteiger partial charge in [-0.05, 0) is 50.6 Å². The zero-order valence-electron chi connectivity index (χ0n) is 20.7. The van der Waals surface area contributed by atoms with E-state index in [2.05, 4.69) is 16.0 Å². The summed E-state index contributed by atoms with van der Waals surface area (Å²) in [5, 5.41) is 20.4. The molecule has 38 heavy (non-hydrogen) atoms. The number of pyridine rings is 1. The van der Waals surface area contributed by atoms with E-state index >= 15 is 0 Å². The van der Waals surface area contributed by atoms with Crippen molar-refractivity contribution in [2.45, 2.75) is 25.4 Å². The molecule has 0 aliphatic carbocycles. The Kier molecular flexibility index (Phi) is 7.11. The fourth-order valence-electron chi connectivity index (χ4n) is 4.91. The number of fused-ring (bicyclic) bond motifs is 2. The van der Waals surface area contributed by atoms with Crippen molar-refractivity contribution in [1.29, 1.82) is 5.26 Å². The average Bonchev–Trinajstić information content (AvgIpc) is 3.57. The molecule has 10 nitrogen and oxygen atoms in total. The molecule has 1 aliphatic heterocycles. The summed E-state index contributed by atoms with van der Waals surface area (Å²) < 4.78 is 13.1. The molecule has 1 fully saturated rings. The van der Waals surface area contributed by atoms with Gasteiger partial charge in [-0.2, -0.15) is 5.26 Å². The Morgan fingerprint density at radius 3 is 2.66 bits per heavy atom. The van der Waals surface area contributed by atoms with Crippen LogP contribution >= 0.6 is 0 Å². The molecule has 5 rings (SSSR count). The zero-order chi connectivity index (χ0) is 26.6. The van der Waals surface area contributed by atoms with Crippen LogP contribution in [0.15, 0.2) is 54.9 Å². The number of para-hydroxylation sites is 1. The first kappa shape index (κ1) is 25.0. The maximum absolute atomic E-state index is 12.5. The van der Waals surface area contributed by atoms with Crippen molar-refractivity contribution in [2.24, 2.45) is 5.73 Å². The summed E-state index contributed by atoms with van der Waals surface area (Å²) >= 11 is 0. The minimum atomic E-state index is -1.28. The minimum absolute atomic E-state index is 0.281. The molecule has 3 N–H and O–H groups in total. The molecular formula is C28H27N5O5. The fraction of sp³-hybridized carbons (Fsp3) is 0.286. The second-order valence-electron chi connectivity index (χ2n) is 9.19. The molecule has 194 valence electrons. The van der Waals surface area contributed by atoms with Gasteiger partial charge in [0.1, 0.15) is 17.6 Å². The van der Waals surface area contributed by atoms with E-state index in [-0.39, 0.29) is 5.75 Å². The lowest BCUT2D eigenvalue weighted by Crippen LogP contribution is -2.26. The molecule has 3 heterocycles. The van der Waals surface area contributed by atoms with Gasteiger partial charge in [0.2, 0.25) is 6.10 Å². The van der Waals surface area contributed by atoms with Gasteiger partial charge in [0, 0.05) is 41.3 Å². The Morgan fingerprint density at radius 1 is 1.13 bits per heavy atom. The van der Waals surface area contributed by atoms with Crippen molar-refractivity contribution in [3.63, 3.8) is 0 Å². The number of ether oxygens (including phenoxy) is 2. The summed E-state index contributed by atoms with van der Waals surface area (Å²) in [6, 6.07) is 13.8. The van der Waals surface area contributed by atoms with E-state index in [0.717, 1.165) is 30.6 Å². The van der Waals surface area contributed by atoms with Crippen LogP contribution in [0.25, 0.3) is 21.8 Å². The molecule has 1 atom stereocenters. The van der Waals surface area contributed by atoms with E-state index < -0.39 is 18.1 Å². The van der Waals surface area contributed by atoms with Crippen LogP contribution in [0.3, 0.4) is 0 Å². The maximum Gasteiger partial charge on any atom is 0.416 e. The van der Waals surface area contributed by atoms with E-state index in [0.29, 0.717) is 45.3 Å². The molecule has 1 saturated heterocycles. The van der Waals surface area contributed by atoms with E-state index in [1.807, 2.05) is 0 Å². The maximum atomic E-state index is 12.5. The number of aromatic nitrogens is 2. The van der Waals surface area contributed by atoms with Crippen LogP contribution in [0.1, 0.15) is 36.5 Å². The summed E-state index contributed by atoms with van der Waals surface area (Å²) in [5.74, 6) is -0.0770. The number of nitrogens with zero attached hydrogens (tertiary/aromatic N) is 4. The monoisotopic (exact) mass is 513 g/mol. The highest BCUT2D eigenvalue weighted by molar-refractivity contribution is 5.96. The predicted octanol–water partition coefficient (Wildman–Crippen LogP) is 4.06. The third kappa shape index (κ3) is 4.96. The number of likely N-dealkylation sites (tertiary alicyclic amines) is 1. The van der Waals surface area contributed by atoms with Gasteiger partial charge in [-0.25, -0.2) is 4.79 Å². The van der Waals surface area contributed by atoms with Crippen LogP contribution in [-0.4, -0.2) is 57.8 Å². The lowest BCUT2D eigenvalue weighted by Gasteiger charge is -2.18. The lowest BCUT2D eigenvalue weighted by molar-refractivity contribution is -0.124. The Hall–Kier alpha value is -4.62. The molecule has 1 aliphatic rings. The molecule has 1 amide bonds. The first-order chi connectivity index (χ1) is 18.5. The number of amides is 1. The number of nitriles is 1. The number of rotatable bonds is 9. The summed E-state index contributed by atoms with van der Waals surface area (Å²) in [6.45, 7) is 3.67. The van der Waals surface area contributed by atoms with E-state index in [1.54, 1.807) is 42.5 Å². The molecule has 0 spiro atoms. The number of benzene rings is 2. The van der Waals surface area contributed by atoms with Gasteiger partial charge in [0.15, 0.2) is 0 Å². The van der Waals surface area contributed by atoms with Crippen LogP contribution in [0.4, 0.5) is 4.79 Å². The van der Waals surface area contributed by atoms with Crippen LogP contribution in [0, 0.1) is 11.3 Å². The van der Waals surface area contributed by atoms with E-state index in [9.17, 15) is 20.0 Å². The lowest BCUT2D eigenvalue weighted by atomic mass is 10.1. The second-order valence-corrected chi connectivity index (χ2v) is 9.19. The molecule has 4 aromatic rings. The highest BCUT2D eigenvalue weighted by atomic mass is 16.5. The highest BCUT2D eigenvalue weighted by Gasteiger charge is 2.27. The molecule has 0 bridgehead atoms. The van der Waals surface area contributed by atoms with Crippen molar-refractivity contribution >= 4 is 33.8 Å². The molecular weight excluding hydrogens is 486 g/mol. The topological polar surface area (TPSA) is 144 Å². The first-order valence-electron chi connectivity index (χ1n) is 12.4. The standard InChI is InChI=1S/C28H27N5O5/c29-16-18-14-20-22(15-25(18)37-13-5-12-32-10-3-4-11-32)31-9-8-24(20)38-26(27(30)34)21-17-33(28(35)36)23-7-2-1-6-19(21)23/h1-2,6-9,14-15,17,26H,3-5,10-13H2,(H2,30,34)(H,35,36). The Labute approximate surface area is 218 Å². The number of nitrogens with two attached hydrogens (primary N) is 1. The zero-order valence-corrected chi connectivity index (χ0v) is 20.7. The van der Waals surface area contributed by atoms with Gasteiger partial charge in [-0.15, -0.1) is 0 Å². The van der Waals surface area contributed by atoms with Crippen molar-refractivity contribution in [3.05, 3.63) is 66.0 Å². The summed E-state index contributed by atoms with van der Waals surface area (Å²) in [6.07, 6.45) is 3.70. The van der Waals surface area contributed by atoms with Gasteiger partial charge in [-0.3, -0.25) is 14.3 Å². The smallest absolute Gasteiger partial charge is 0.416 e. The third-order valence-corrected chi connectivity index (χ3v) is 6.73. The van der Waals surface area contributed by atoms with Gasteiger partial charge >= 0.3 is 6.09 Å². The second kappa shape index (κ2) is 10.8. The van der Waals surface area contributed by atoms with Gasteiger partial charge in [0.05, 0.1) is 23.2 Å². The van der Waals surface area contributed by atoms with Crippen molar-refractivity contribution in [1.82, 2.24) is 14.5 Å². The summed E-state index contributed by atoms with van der Waals surface area (Å²) in [5.41, 5.74) is 7.28. The van der Waals surface area contributed by atoms with Crippen molar-refractivity contribution in [2.75, 3.05) is 26.2 Å². The van der Waals surface area contributed by atoms with Crippen LogP contribution in [0.2, 0.25) is 0 Å². The van der Waals surface area contributed by atoms with Crippen LogP contribution in [-0.2, 0) is 4.79 Å². The minimum Gasteiger partial charge on any atom is -0.492 e. The highest BCUT2D eigenvalue weighted by Crippen LogP contribution is 2.35. The number of hydrogen-bond acceptors (Lipinski definition) is 7. The quantitative estimate of drug-likeness (QED) is 0.319. The largest absolute Gasteiger partial charge is 0.492 e. The molecule has 0 saturated carbocycles. The Bertz CT molecular complexity index is 1550. The SMILES string of the molecule is N#Cc1cc2c(OC(C(N)=O)c3cn(C(=O)O)c4ccccc34)ccnc2cc1OCCCN1CCCC1. The number of carbonyl (C=O) groups excluding carboxylic acids is 1. The molecule has 10 heteroatoms. The molecule has 0 radical (unpaired) electrons. The summed E-state index contributed by atoms with van der Waals surface area (Å²) in [7, 11) is 0. The normalized spacial score (nSPS) is 14.4. The number of carbonyl (C=O) groups is 2. The molecule has 2 aromatic carbocycles. The van der Waals surface area contributed by atoms with Gasteiger partial charge in [0.25, 0.3) is 5.91 Å². The van der Waals surface area contributed by atoms with Crippen molar-refractivity contribution in [3.8, 4) is 17.6 Å². The number of primary amides is 1. The summed E-state index contributed by atoms with van der Waals surface area (Å²) in [4.78, 5) is 31.1. The molecule has 2 aromatic heterocycles.